The second kappa shape index (κ2) is 22.5. The van der Waals surface area contributed by atoms with Gasteiger partial charge in [-0.15, -0.1) is 0 Å². The fourth-order valence-corrected chi connectivity index (χ4v) is 6.44. The molecule has 2 aliphatic rings. The molecule has 0 unspecified atom stereocenters. The molecule has 1 fully saturated rings. The van der Waals surface area contributed by atoms with Crippen LogP contribution in [0.3, 0.4) is 0 Å². The highest BCUT2D eigenvalue weighted by Crippen LogP contribution is 2.28. The van der Waals surface area contributed by atoms with Gasteiger partial charge in [-0.05, 0) is 64.4 Å². The van der Waals surface area contributed by atoms with Crippen LogP contribution in [0.1, 0.15) is 155 Å². The van der Waals surface area contributed by atoms with E-state index in [1.54, 1.807) is 13.0 Å². The number of esters is 1. The van der Waals surface area contributed by atoms with Gasteiger partial charge in [-0.3, -0.25) is 0 Å². The Kier molecular flexibility index (Phi) is 19.9. The van der Waals surface area contributed by atoms with E-state index in [0.29, 0.717) is 50.5 Å². The van der Waals surface area contributed by atoms with Crippen LogP contribution in [0.2, 0.25) is 0 Å². The largest absolute Gasteiger partial charge is 0.455 e. The molecular formula is C35H64O8. The van der Waals surface area contributed by atoms with Gasteiger partial charge in [-0.1, -0.05) is 90.4 Å². The summed E-state index contributed by atoms with van der Waals surface area (Å²) in [5, 5.41) is 52.1. The number of hydrogen-bond acceptors (Lipinski definition) is 8. The predicted molar refractivity (Wildman–Crippen MR) is 170 cm³/mol. The second-order valence-corrected chi connectivity index (χ2v) is 13.3. The van der Waals surface area contributed by atoms with Crippen molar-refractivity contribution in [2.24, 2.45) is 0 Å². The van der Waals surface area contributed by atoms with Gasteiger partial charge in [-0.25, -0.2) is 4.79 Å². The van der Waals surface area contributed by atoms with Crippen LogP contribution in [-0.2, 0) is 14.3 Å². The van der Waals surface area contributed by atoms with E-state index in [-0.39, 0.29) is 24.3 Å². The number of aliphatic hydroxyl groups is 5. The maximum atomic E-state index is 11.7. The highest BCUT2D eigenvalue weighted by molar-refractivity contribution is 5.90. The van der Waals surface area contributed by atoms with Crippen molar-refractivity contribution < 1.29 is 39.8 Å². The molecule has 8 heteroatoms. The number of ether oxygens (including phenoxy) is 2. The average molecular weight is 613 g/mol. The van der Waals surface area contributed by atoms with Crippen molar-refractivity contribution in [3.8, 4) is 0 Å². The summed E-state index contributed by atoms with van der Waals surface area (Å²) in [6.45, 7) is 4.04. The van der Waals surface area contributed by atoms with E-state index in [1.807, 2.05) is 0 Å². The van der Waals surface area contributed by atoms with Crippen molar-refractivity contribution in [1.82, 2.24) is 0 Å². The first-order chi connectivity index (χ1) is 20.7. The monoisotopic (exact) mass is 612 g/mol. The van der Waals surface area contributed by atoms with E-state index in [4.69, 9.17) is 9.47 Å². The molecule has 0 aromatic carbocycles. The first-order valence-electron chi connectivity index (χ1n) is 17.7. The lowest BCUT2D eigenvalue weighted by Crippen LogP contribution is -2.31. The van der Waals surface area contributed by atoms with Gasteiger partial charge in [0, 0.05) is 12.0 Å². The zero-order valence-electron chi connectivity index (χ0n) is 27.2. The summed E-state index contributed by atoms with van der Waals surface area (Å²) in [5.74, 6) is -0.329. The summed E-state index contributed by atoms with van der Waals surface area (Å²) in [4.78, 5) is 11.7. The van der Waals surface area contributed by atoms with Crippen LogP contribution in [0, 0.1) is 0 Å². The normalized spacial score (nSPS) is 24.0. The van der Waals surface area contributed by atoms with Crippen molar-refractivity contribution in [2.45, 2.75) is 204 Å². The van der Waals surface area contributed by atoms with Crippen molar-refractivity contribution in [2.75, 3.05) is 0 Å². The molecular weight excluding hydrogens is 548 g/mol. The zero-order valence-corrected chi connectivity index (χ0v) is 27.2. The van der Waals surface area contributed by atoms with E-state index in [1.165, 1.54) is 51.4 Å². The maximum Gasteiger partial charge on any atom is 0.334 e. The first-order valence-corrected chi connectivity index (χ1v) is 17.7. The summed E-state index contributed by atoms with van der Waals surface area (Å²) in [6.07, 6.45) is 17.9. The number of aliphatic hydroxyl groups excluding tert-OH is 5. The molecule has 252 valence electrons. The van der Waals surface area contributed by atoms with Crippen molar-refractivity contribution in [3.63, 3.8) is 0 Å². The molecule has 2 heterocycles. The fourth-order valence-electron chi connectivity index (χ4n) is 6.44. The lowest BCUT2D eigenvalue weighted by Gasteiger charge is -2.23. The third-order valence-corrected chi connectivity index (χ3v) is 9.18. The van der Waals surface area contributed by atoms with Crippen LogP contribution in [0.4, 0.5) is 0 Å². The molecule has 2 rings (SSSR count). The number of carbonyl (C=O) groups is 1. The SMILES string of the molecule is CCCCCCCCCCCC[C@@H](O)[C@@H](O)CC[C@H](O)[C@@H]1CC[C@@H](C[C@H](O)CCCCC[C@@H](O)CC2=C[C@H](C)OC2=O)O1. The minimum atomic E-state index is -0.826. The summed E-state index contributed by atoms with van der Waals surface area (Å²) in [5.41, 5.74) is 0.559. The van der Waals surface area contributed by atoms with Crippen molar-refractivity contribution in [3.05, 3.63) is 11.6 Å². The molecule has 8 nitrogen and oxygen atoms in total. The average Bonchev–Trinajstić information content (AvgIpc) is 3.56. The van der Waals surface area contributed by atoms with Gasteiger partial charge in [0.25, 0.3) is 0 Å². The summed E-state index contributed by atoms with van der Waals surface area (Å²) >= 11 is 0. The molecule has 0 aromatic heterocycles. The molecule has 0 radical (unpaired) electrons. The molecule has 0 spiro atoms. The van der Waals surface area contributed by atoms with Gasteiger partial charge in [-0.2, -0.15) is 0 Å². The van der Waals surface area contributed by atoms with Crippen LogP contribution in [-0.4, -0.2) is 80.3 Å². The number of cyclic esters (lactones) is 1. The topological polar surface area (TPSA) is 137 Å². The number of rotatable bonds is 26. The molecule has 5 N–H and O–H groups in total. The van der Waals surface area contributed by atoms with Gasteiger partial charge in [0.05, 0.1) is 42.7 Å². The van der Waals surface area contributed by atoms with E-state index in [9.17, 15) is 30.3 Å². The summed E-state index contributed by atoms with van der Waals surface area (Å²) in [6, 6.07) is 0. The smallest absolute Gasteiger partial charge is 0.334 e. The molecule has 2 aliphatic heterocycles. The Labute approximate surface area is 261 Å². The van der Waals surface area contributed by atoms with E-state index >= 15 is 0 Å². The van der Waals surface area contributed by atoms with E-state index in [0.717, 1.165) is 44.9 Å². The minimum absolute atomic E-state index is 0.0786. The summed E-state index contributed by atoms with van der Waals surface area (Å²) < 4.78 is 11.1. The molecule has 0 amide bonds. The maximum absolute atomic E-state index is 11.7. The van der Waals surface area contributed by atoms with Crippen LogP contribution in [0.5, 0.6) is 0 Å². The molecule has 0 aromatic rings. The van der Waals surface area contributed by atoms with Gasteiger partial charge in [0.15, 0.2) is 0 Å². The first kappa shape index (κ1) is 38.2. The third kappa shape index (κ3) is 16.7. The third-order valence-electron chi connectivity index (χ3n) is 9.18. The Morgan fingerprint density at radius 2 is 1.28 bits per heavy atom. The lowest BCUT2D eigenvalue weighted by atomic mass is 9.97. The Balaban J connectivity index is 1.46. The lowest BCUT2D eigenvalue weighted by molar-refractivity contribution is -0.139. The predicted octanol–water partition coefficient (Wildman–Crippen LogP) is 6.03. The van der Waals surface area contributed by atoms with Gasteiger partial charge < -0.3 is 35.0 Å². The Bertz CT molecular complexity index is 758. The highest BCUT2D eigenvalue weighted by atomic mass is 16.5. The van der Waals surface area contributed by atoms with Crippen LogP contribution < -0.4 is 0 Å². The zero-order chi connectivity index (χ0) is 31.5. The number of hydrogen-bond donors (Lipinski definition) is 5. The number of carbonyl (C=O) groups excluding carboxylic acids is 1. The Morgan fingerprint density at radius 3 is 1.91 bits per heavy atom. The Hall–Kier alpha value is -1.03. The standard InChI is InChI=1S/C35H64O8/c1-3-4-5-6-7-8-9-10-11-15-18-31(38)32(39)20-21-33(40)34-22-19-30(43-34)25-29(37)17-14-12-13-16-28(36)24-27-23-26(2)42-35(27)41/h23,26,28-34,36-40H,3-22,24-25H2,1-2H3/t26-,28+,29+,30-,31+,32-,33-,34-/m0/s1. The molecule has 43 heavy (non-hydrogen) atoms. The highest BCUT2D eigenvalue weighted by Gasteiger charge is 2.32. The van der Waals surface area contributed by atoms with Crippen LogP contribution >= 0.6 is 0 Å². The Morgan fingerprint density at radius 1 is 0.721 bits per heavy atom. The number of unbranched alkanes of at least 4 members (excludes halogenated alkanes) is 11. The second-order valence-electron chi connectivity index (χ2n) is 13.3. The van der Waals surface area contributed by atoms with E-state index in [2.05, 4.69) is 6.92 Å². The van der Waals surface area contributed by atoms with Gasteiger partial charge in [0.2, 0.25) is 0 Å². The molecule has 8 atom stereocenters. The fraction of sp³-hybridized carbons (Fsp3) is 0.914. The molecule has 0 saturated carbocycles. The van der Waals surface area contributed by atoms with E-state index < -0.39 is 30.5 Å². The van der Waals surface area contributed by atoms with Crippen molar-refractivity contribution >= 4 is 5.97 Å². The summed E-state index contributed by atoms with van der Waals surface area (Å²) in [7, 11) is 0. The van der Waals surface area contributed by atoms with Crippen molar-refractivity contribution in [1.29, 1.82) is 0 Å². The molecule has 0 bridgehead atoms. The van der Waals surface area contributed by atoms with Gasteiger partial charge in [0.1, 0.15) is 6.10 Å². The van der Waals surface area contributed by atoms with Gasteiger partial charge >= 0.3 is 5.97 Å². The van der Waals surface area contributed by atoms with Crippen LogP contribution in [0.25, 0.3) is 0 Å². The minimum Gasteiger partial charge on any atom is -0.455 e. The molecule has 0 aliphatic carbocycles. The quantitative estimate of drug-likeness (QED) is 0.0590. The molecule has 1 saturated heterocycles. The van der Waals surface area contributed by atoms with Crippen LogP contribution in [0.15, 0.2) is 11.6 Å².